The molecule has 1 aliphatic rings. The molecule has 0 aliphatic carbocycles. The van der Waals surface area contributed by atoms with E-state index in [0.717, 1.165) is 0 Å². The van der Waals surface area contributed by atoms with Crippen LogP contribution in [0.4, 0.5) is 0 Å². The summed E-state index contributed by atoms with van der Waals surface area (Å²) in [4.78, 5) is 11.5. The fourth-order valence-corrected chi connectivity index (χ4v) is 1.88. The second-order valence-corrected chi connectivity index (χ2v) is 5.74. The Morgan fingerprint density at radius 1 is 1.21 bits per heavy atom. The monoisotopic (exact) mass is 266 g/mol. The van der Waals surface area contributed by atoms with E-state index >= 15 is 0 Å². The standard InChI is InChI=1S/C13H19BO5/c1-8-7-9(17-10(8)11(15)16-6)14-18-12(2,3)13(4,5)19-14/h7H,1-6H3. The molecular formula is C13H19BO5. The summed E-state index contributed by atoms with van der Waals surface area (Å²) in [7, 11) is 0.709. The van der Waals surface area contributed by atoms with Gasteiger partial charge >= 0.3 is 13.1 Å². The first-order chi connectivity index (χ1) is 8.68. The molecule has 0 atom stereocenters. The van der Waals surface area contributed by atoms with Crippen LogP contribution >= 0.6 is 0 Å². The number of hydrogen-bond donors (Lipinski definition) is 0. The quantitative estimate of drug-likeness (QED) is 0.602. The molecule has 104 valence electrons. The highest BCUT2D eigenvalue weighted by Gasteiger charge is 2.53. The van der Waals surface area contributed by atoms with Gasteiger partial charge in [0.2, 0.25) is 5.76 Å². The molecule has 2 heterocycles. The fourth-order valence-electron chi connectivity index (χ4n) is 1.88. The summed E-state index contributed by atoms with van der Waals surface area (Å²) >= 11 is 0. The van der Waals surface area contributed by atoms with E-state index in [0.29, 0.717) is 11.2 Å². The van der Waals surface area contributed by atoms with Crippen LogP contribution in [0.25, 0.3) is 0 Å². The first kappa shape index (κ1) is 14.2. The van der Waals surface area contributed by atoms with Crippen molar-refractivity contribution < 1.29 is 23.3 Å². The molecule has 0 aromatic carbocycles. The van der Waals surface area contributed by atoms with Crippen molar-refractivity contribution in [2.45, 2.75) is 45.8 Å². The maximum absolute atomic E-state index is 11.5. The van der Waals surface area contributed by atoms with Crippen molar-refractivity contribution in [1.29, 1.82) is 0 Å². The maximum atomic E-state index is 11.5. The van der Waals surface area contributed by atoms with Gasteiger partial charge in [-0.05, 0) is 40.7 Å². The Kier molecular flexibility index (Phi) is 3.27. The van der Waals surface area contributed by atoms with Gasteiger partial charge in [-0.15, -0.1) is 0 Å². The van der Waals surface area contributed by atoms with Gasteiger partial charge in [0.1, 0.15) is 5.66 Å². The smallest absolute Gasteiger partial charge is 0.463 e. The number of esters is 1. The van der Waals surface area contributed by atoms with Crippen molar-refractivity contribution in [2.24, 2.45) is 0 Å². The summed E-state index contributed by atoms with van der Waals surface area (Å²) in [6, 6.07) is 1.74. The summed E-state index contributed by atoms with van der Waals surface area (Å²) in [6.45, 7) is 9.63. The Morgan fingerprint density at radius 3 is 2.21 bits per heavy atom. The third kappa shape index (κ3) is 2.30. The lowest BCUT2D eigenvalue weighted by Crippen LogP contribution is -2.41. The van der Waals surface area contributed by atoms with E-state index in [2.05, 4.69) is 4.74 Å². The van der Waals surface area contributed by atoms with Crippen LogP contribution in [0.15, 0.2) is 10.5 Å². The predicted octanol–water partition coefficient (Wildman–Crippen LogP) is 1.67. The lowest BCUT2D eigenvalue weighted by atomic mass is 9.86. The average Bonchev–Trinajstić information content (AvgIpc) is 2.77. The Labute approximate surface area is 113 Å². The molecule has 1 aromatic rings. The van der Waals surface area contributed by atoms with Crippen LogP contribution in [0.3, 0.4) is 0 Å². The zero-order chi connectivity index (χ0) is 14.4. The van der Waals surface area contributed by atoms with Crippen LogP contribution in [0, 0.1) is 6.92 Å². The van der Waals surface area contributed by atoms with Crippen LogP contribution in [-0.4, -0.2) is 31.4 Å². The van der Waals surface area contributed by atoms with Gasteiger partial charge in [0.25, 0.3) is 0 Å². The van der Waals surface area contributed by atoms with E-state index in [9.17, 15) is 4.79 Å². The van der Waals surface area contributed by atoms with E-state index < -0.39 is 24.3 Å². The minimum atomic E-state index is -0.609. The highest BCUT2D eigenvalue weighted by Crippen LogP contribution is 2.36. The summed E-state index contributed by atoms with van der Waals surface area (Å²) < 4.78 is 21.9. The topological polar surface area (TPSA) is 57.9 Å². The molecule has 1 aromatic heterocycles. The van der Waals surface area contributed by atoms with Crippen LogP contribution < -0.4 is 5.66 Å². The third-order valence-electron chi connectivity index (χ3n) is 3.79. The Balaban J connectivity index is 2.28. The molecule has 5 nitrogen and oxygen atoms in total. The molecule has 0 N–H and O–H groups in total. The lowest BCUT2D eigenvalue weighted by Gasteiger charge is -2.32. The number of methoxy groups -OCH3 is 1. The minimum absolute atomic E-state index is 0.187. The van der Waals surface area contributed by atoms with Crippen LogP contribution in [-0.2, 0) is 14.0 Å². The zero-order valence-corrected chi connectivity index (χ0v) is 12.2. The van der Waals surface area contributed by atoms with Gasteiger partial charge in [-0.3, -0.25) is 0 Å². The largest absolute Gasteiger partial charge is 0.532 e. The van der Waals surface area contributed by atoms with Gasteiger partial charge in [-0.2, -0.15) is 0 Å². The molecule has 2 rings (SSSR count). The van der Waals surface area contributed by atoms with Crippen molar-refractivity contribution in [2.75, 3.05) is 7.11 Å². The molecule has 0 unspecified atom stereocenters. The van der Waals surface area contributed by atoms with Gasteiger partial charge in [0.05, 0.1) is 18.3 Å². The second-order valence-electron chi connectivity index (χ2n) is 5.74. The zero-order valence-electron chi connectivity index (χ0n) is 12.2. The molecule has 1 aliphatic heterocycles. The van der Waals surface area contributed by atoms with Crippen LogP contribution in [0.5, 0.6) is 0 Å². The van der Waals surface area contributed by atoms with E-state index in [1.807, 2.05) is 27.7 Å². The summed E-state index contributed by atoms with van der Waals surface area (Å²) in [5.41, 5.74) is 0.307. The number of ether oxygens (including phenoxy) is 1. The van der Waals surface area contributed by atoms with Crippen molar-refractivity contribution in [3.05, 3.63) is 17.4 Å². The molecule has 19 heavy (non-hydrogen) atoms. The molecule has 0 radical (unpaired) electrons. The van der Waals surface area contributed by atoms with E-state index in [-0.39, 0.29) is 5.76 Å². The van der Waals surface area contributed by atoms with Crippen molar-refractivity contribution >= 4 is 18.7 Å². The van der Waals surface area contributed by atoms with E-state index in [1.54, 1.807) is 13.0 Å². The molecular weight excluding hydrogens is 247 g/mol. The van der Waals surface area contributed by atoms with Gasteiger partial charge in [-0.25, -0.2) is 4.79 Å². The van der Waals surface area contributed by atoms with Crippen molar-refractivity contribution in [3.63, 3.8) is 0 Å². The summed E-state index contributed by atoms with van der Waals surface area (Å²) in [5, 5.41) is 0. The predicted molar refractivity (Wildman–Crippen MR) is 70.5 cm³/mol. The number of carbonyl (C=O) groups excluding carboxylic acids is 1. The third-order valence-corrected chi connectivity index (χ3v) is 3.79. The maximum Gasteiger partial charge on any atom is 0.532 e. The molecule has 6 heteroatoms. The highest BCUT2D eigenvalue weighted by atomic mass is 16.7. The summed E-state index contributed by atoms with van der Waals surface area (Å²) in [6.07, 6.45) is 0. The Hall–Kier alpha value is -1.27. The summed E-state index contributed by atoms with van der Waals surface area (Å²) in [5.74, 6) is -0.313. The van der Waals surface area contributed by atoms with Crippen molar-refractivity contribution in [3.8, 4) is 0 Å². The number of hydrogen-bond acceptors (Lipinski definition) is 5. The van der Waals surface area contributed by atoms with Gasteiger partial charge < -0.3 is 18.5 Å². The van der Waals surface area contributed by atoms with Gasteiger partial charge in [0, 0.05) is 5.56 Å². The molecule has 0 bridgehead atoms. The number of furan rings is 1. The molecule has 0 saturated carbocycles. The first-order valence-electron chi connectivity index (χ1n) is 6.22. The van der Waals surface area contributed by atoms with E-state index in [4.69, 9.17) is 13.7 Å². The second kappa shape index (κ2) is 4.39. The SMILES string of the molecule is COC(=O)c1oc(B2OC(C)(C)C(C)(C)O2)cc1C. The van der Waals surface area contributed by atoms with Crippen LogP contribution in [0.1, 0.15) is 43.8 Å². The normalized spacial score (nSPS) is 20.6. The minimum Gasteiger partial charge on any atom is -0.463 e. The molecule has 1 fully saturated rings. The van der Waals surface area contributed by atoms with Crippen molar-refractivity contribution in [1.82, 2.24) is 0 Å². The fraction of sp³-hybridized carbons (Fsp3) is 0.615. The average molecular weight is 266 g/mol. The number of aryl methyl sites for hydroxylation is 1. The molecule has 0 amide bonds. The Morgan fingerprint density at radius 2 is 1.74 bits per heavy atom. The van der Waals surface area contributed by atoms with Crippen LogP contribution in [0.2, 0.25) is 0 Å². The van der Waals surface area contributed by atoms with Gasteiger partial charge in [-0.1, -0.05) is 0 Å². The van der Waals surface area contributed by atoms with Gasteiger partial charge in [0.15, 0.2) is 0 Å². The molecule has 1 saturated heterocycles. The van der Waals surface area contributed by atoms with E-state index in [1.165, 1.54) is 7.11 Å². The lowest BCUT2D eigenvalue weighted by molar-refractivity contribution is 0.00578. The Bertz CT molecular complexity index is 487. The molecule has 0 spiro atoms. The number of rotatable bonds is 2. The number of carbonyl (C=O) groups is 1. The highest BCUT2D eigenvalue weighted by molar-refractivity contribution is 6.60. The first-order valence-corrected chi connectivity index (χ1v) is 6.22.